The maximum absolute atomic E-state index is 13.8. The normalized spacial score (nSPS) is 19.2. The lowest BCUT2D eigenvalue weighted by atomic mass is 10.3. The number of sulfonamides is 1. The highest BCUT2D eigenvalue weighted by molar-refractivity contribution is 8.00. The summed E-state index contributed by atoms with van der Waals surface area (Å²) in [5, 5.41) is 0. The SMILES string of the molecule is O=C(CN1CSCC1=O)N1CCN(S(=O)(=O)c2ccc(F)cc2F)CC1. The average Bonchev–Trinajstić information content (AvgIpc) is 2.99. The fourth-order valence-electron chi connectivity index (χ4n) is 2.80. The summed E-state index contributed by atoms with van der Waals surface area (Å²) in [6, 6.07) is 2.31. The number of carbonyl (C=O) groups excluding carboxylic acids is 2. The van der Waals surface area contributed by atoms with Gasteiger partial charge in [0.05, 0.1) is 11.6 Å². The summed E-state index contributed by atoms with van der Waals surface area (Å²) >= 11 is 1.44. The number of carbonyl (C=O) groups is 2. The molecule has 0 atom stereocenters. The molecule has 0 aromatic heterocycles. The van der Waals surface area contributed by atoms with E-state index in [1.807, 2.05) is 0 Å². The van der Waals surface area contributed by atoms with Crippen LogP contribution in [0.5, 0.6) is 0 Å². The third-order valence-electron chi connectivity index (χ3n) is 4.25. The second kappa shape index (κ2) is 7.49. The van der Waals surface area contributed by atoms with E-state index in [4.69, 9.17) is 0 Å². The third-order valence-corrected chi connectivity index (χ3v) is 7.13. The molecule has 0 unspecified atom stereocenters. The fourth-order valence-corrected chi connectivity index (χ4v) is 5.18. The van der Waals surface area contributed by atoms with Gasteiger partial charge in [-0.15, -0.1) is 11.8 Å². The summed E-state index contributed by atoms with van der Waals surface area (Å²) in [6.07, 6.45) is 0. The van der Waals surface area contributed by atoms with E-state index in [0.717, 1.165) is 16.4 Å². The van der Waals surface area contributed by atoms with Gasteiger partial charge in [-0.25, -0.2) is 17.2 Å². The molecule has 0 aliphatic carbocycles. The predicted molar refractivity (Wildman–Crippen MR) is 90.7 cm³/mol. The molecule has 1 aromatic carbocycles. The van der Waals surface area contributed by atoms with E-state index in [1.54, 1.807) is 0 Å². The van der Waals surface area contributed by atoms with E-state index in [2.05, 4.69) is 0 Å². The summed E-state index contributed by atoms with van der Waals surface area (Å²) < 4.78 is 52.9. The van der Waals surface area contributed by atoms with Gasteiger partial charge >= 0.3 is 0 Å². The molecule has 0 spiro atoms. The van der Waals surface area contributed by atoms with Gasteiger partial charge in [-0.05, 0) is 12.1 Å². The first-order valence-corrected chi connectivity index (χ1v) is 10.5. The van der Waals surface area contributed by atoms with Crippen LogP contribution in [-0.2, 0) is 19.6 Å². The number of hydrogen-bond donors (Lipinski definition) is 0. The van der Waals surface area contributed by atoms with Crippen molar-refractivity contribution < 1.29 is 26.8 Å². The van der Waals surface area contributed by atoms with Crippen LogP contribution < -0.4 is 0 Å². The van der Waals surface area contributed by atoms with E-state index >= 15 is 0 Å². The Hall–Kier alpha value is -1.72. The highest BCUT2D eigenvalue weighted by Crippen LogP contribution is 2.22. The first kappa shape index (κ1) is 19.1. The molecule has 0 bridgehead atoms. The van der Waals surface area contributed by atoms with Gasteiger partial charge in [0.1, 0.15) is 23.1 Å². The van der Waals surface area contributed by atoms with Gasteiger partial charge in [-0.2, -0.15) is 4.31 Å². The van der Waals surface area contributed by atoms with E-state index < -0.39 is 26.6 Å². The van der Waals surface area contributed by atoms with Crippen LogP contribution in [-0.4, -0.2) is 78.7 Å². The monoisotopic (exact) mass is 405 g/mol. The van der Waals surface area contributed by atoms with Gasteiger partial charge in [0.15, 0.2) is 0 Å². The summed E-state index contributed by atoms with van der Waals surface area (Å²) in [5.41, 5.74) is 0. The van der Waals surface area contributed by atoms with Gasteiger partial charge in [-0.3, -0.25) is 9.59 Å². The Bertz CT molecular complexity index is 826. The molecule has 7 nitrogen and oxygen atoms in total. The highest BCUT2D eigenvalue weighted by Gasteiger charge is 2.33. The first-order chi connectivity index (χ1) is 12.3. The lowest BCUT2D eigenvalue weighted by Gasteiger charge is -2.34. The molecule has 0 N–H and O–H groups in total. The van der Waals surface area contributed by atoms with Gasteiger partial charge < -0.3 is 9.80 Å². The van der Waals surface area contributed by atoms with Crippen molar-refractivity contribution in [1.29, 1.82) is 0 Å². The van der Waals surface area contributed by atoms with Gasteiger partial charge in [-0.1, -0.05) is 0 Å². The van der Waals surface area contributed by atoms with Crippen LogP contribution in [0.1, 0.15) is 0 Å². The molecule has 3 rings (SSSR count). The van der Waals surface area contributed by atoms with Crippen molar-refractivity contribution in [3.8, 4) is 0 Å². The Balaban J connectivity index is 1.62. The summed E-state index contributed by atoms with van der Waals surface area (Å²) in [6.45, 7) is 0.290. The standard InChI is InChI=1S/C15H17F2N3O4S2/c16-11-1-2-13(12(17)7-11)26(23,24)20-5-3-18(4-6-20)14(21)8-19-10-25-9-15(19)22/h1-2,7H,3-6,8-10H2. The molecule has 2 aliphatic heterocycles. The Kier molecular flexibility index (Phi) is 5.49. The van der Waals surface area contributed by atoms with E-state index in [0.29, 0.717) is 17.7 Å². The van der Waals surface area contributed by atoms with Crippen LogP contribution in [0.4, 0.5) is 8.78 Å². The van der Waals surface area contributed by atoms with E-state index in [1.165, 1.54) is 21.6 Å². The van der Waals surface area contributed by atoms with E-state index in [9.17, 15) is 26.8 Å². The highest BCUT2D eigenvalue weighted by atomic mass is 32.2. The molecule has 11 heteroatoms. The van der Waals surface area contributed by atoms with Gasteiger partial charge in [0.25, 0.3) is 0 Å². The molecule has 0 radical (unpaired) electrons. The number of halogens is 2. The van der Waals surface area contributed by atoms with Crippen molar-refractivity contribution in [2.45, 2.75) is 4.90 Å². The zero-order valence-corrected chi connectivity index (χ0v) is 15.4. The number of piperazine rings is 1. The number of nitrogens with zero attached hydrogens (tertiary/aromatic N) is 3. The third kappa shape index (κ3) is 3.84. The van der Waals surface area contributed by atoms with Crippen LogP contribution in [0, 0.1) is 11.6 Å². The zero-order chi connectivity index (χ0) is 18.9. The molecule has 2 fully saturated rings. The molecule has 0 saturated carbocycles. The van der Waals surface area contributed by atoms with Crippen molar-refractivity contribution in [2.75, 3.05) is 44.4 Å². The van der Waals surface area contributed by atoms with Gasteiger partial charge in [0.2, 0.25) is 21.8 Å². The van der Waals surface area contributed by atoms with Crippen LogP contribution in [0.3, 0.4) is 0 Å². The molecule has 26 heavy (non-hydrogen) atoms. The maximum atomic E-state index is 13.8. The molecule has 142 valence electrons. The molecular formula is C15H17F2N3O4S2. The Morgan fingerprint density at radius 2 is 1.85 bits per heavy atom. The lowest BCUT2D eigenvalue weighted by Crippen LogP contribution is -2.52. The second-order valence-corrected chi connectivity index (χ2v) is 8.79. The smallest absolute Gasteiger partial charge is 0.246 e. The quantitative estimate of drug-likeness (QED) is 0.722. The Labute approximate surface area is 154 Å². The minimum atomic E-state index is -4.10. The Morgan fingerprint density at radius 1 is 1.15 bits per heavy atom. The maximum Gasteiger partial charge on any atom is 0.246 e. The van der Waals surface area contributed by atoms with Crippen molar-refractivity contribution in [3.05, 3.63) is 29.8 Å². The van der Waals surface area contributed by atoms with Gasteiger partial charge in [0, 0.05) is 32.2 Å². The topological polar surface area (TPSA) is 78.0 Å². The summed E-state index contributed by atoms with van der Waals surface area (Å²) in [5.74, 6) is -1.49. The summed E-state index contributed by atoms with van der Waals surface area (Å²) in [7, 11) is -4.10. The average molecular weight is 405 g/mol. The van der Waals surface area contributed by atoms with Crippen molar-refractivity contribution in [3.63, 3.8) is 0 Å². The molecule has 2 amide bonds. The van der Waals surface area contributed by atoms with Crippen molar-refractivity contribution in [2.24, 2.45) is 0 Å². The van der Waals surface area contributed by atoms with Crippen molar-refractivity contribution in [1.82, 2.24) is 14.1 Å². The number of thioether (sulfide) groups is 1. The molecule has 2 heterocycles. The number of benzene rings is 1. The van der Waals surface area contributed by atoms with Crippen LogP contribution >= 0.6 is 11.8 Å². The van der Waals surface area contributed by atoms with Crippen LogP contribution in [0.25, 0.3) is 0 Å². The van der Waals surface area contributed by atoms with Crippen molar-refractivity contribution >= 4 is 33.6 Å². The number of hydrogen-bond acceptors (Lipinski definition) is 5. The lowest BCUT2D eigenvalue weighted by molar-refractivity contribution is -0.138. The minimum absolute atomic E-state index is 0.00753. The molecular weight excluding hydrogens is 388 g/mol. The zero-order valence-electron chi connectivity index (χ0n) is 13.7. The first-order valence-electron chi connectivity index (χ1n) is 7.87. The number of amides is 2. The minimum Gasteiger partial charge on any atom is -0.339 e. The second-order valence-electron chi connectivity index (χ2n) is 5.93. The molecule has 1 aromatic rings. The fraction of sp³-hybridized carbons (Fsp3) is 0.467. The molecule has 2 saturated heterocycles. The number of rotatable bonds is 4. The van der Waals surface area contributed by atoms with E-state index in [-0.39, 0.29) is 44.5 Å². The largest absolute Gasteiger partial charge is 0.339 e. The van der Waals surface area contributed by atoms with Crippen LogP contribution in [0.15, 0.2) is 23.1 Å². The predicted octanol–water partition coefficient (Wildman–Crippen LogP) is 0.331. The van der Waals surface area contributed by atoms with Crippen LogP contribution in [0.2, 0.25) is 0 Å². The Morgan fingerprint density at radius 3 is 2.42 bits per heavy atom. The summed E-state index contributed by atoms with van der Waals surface area (Å²) in [4.78, 5) is 26.2. The molecule has 2 aliphatic rings.